The van der Waals surface area contributed by atoms with Crippen molar-refractivity contribution in [2.45, 2.75) is 38.8 Å². The molecule has 1 amide bonds. The van der Waals surface area contributed by atoms with Gasteiger partial charge in [0, 0.05) is 19.0 Å². The number of hydrogen-bond donors (Lipinski definition) is 2. The Balaban J connectivity index is 2.67. The highest BCUT2D eigenvalue weighted by Crippen LogP contribution is 2.16. The lowest BCUT2D eigenvalue weighted by Crippen LogP contribution is -2.35. The maximum Gasteiger partial charge on any atom is 0.408 e. The van der Waals surface area contributed by atoms with Gasteiger partial charge in [-0.3, -0.25) is 4.98 Å². The Kier molecular flexibility index (Phi) is 5.09. The average molecular weight is 252 g/mol. The highest BCUT2D eigenvalue weighted by Gasteiger charge is 2.20. The Labute approximate surface area is 107 Å². The summed E-state index contributed by atoms with van der Waals surface area (Å²) < 4.78 is 5.18. The number of aliphatic hydroxyl groups excluding tert-OH is 1. The van der Waals surface area contributed by atoms with Gasteiger partial charge >= 0.3 is 6.09 Å². The Morgan fingerprint density at radius 2 is 2.28 bits per heavy atom. The summed E-state index contributed by atoms with van der Waals surface area (Å²) in [7, 11) is 0. The first-order valence-electron chi connectivity index (χ1n) is 5.92. The summed E-state index contributed by atoms with van der Waals surface area (Å²) in [6, 6.07) is 3.35. The van der Waals surface area contributed by atoms with Crippen LogP contribution < -0.4 is 5.32 Å². The maximum atomic E-state index is 11.7. The summed E-state index contributed by atoms with van der Waals surface area (Å²) in [5.74, 6) is 0. The minimum atomic E-state index is -0.539. The van der Waals surface area contributed by atoms with Crippen molar-refractivity contribution in [1.82, 2.24) is 10.3 Å². The van der Waals surface area contributed by atoms with E-state index in [1.165, 1.54) is 0 Å². The van der Waals surface area contributed by atoms with Crippen LogP contribution in [0.3, 0.4) is 0 Å². The van der Waals surface area contributed by atoms with Gasteiger partial charge in [0.05, 0.1) is 6.04 Å². The van der Waals surface area contributed by atoms with E-state index in [1.54, 1.807) is 39.2 Å². The van der Waals surface area contributed by atoms with E-state index in [9.17, 15) is 4.79 Å². The summed E-state index contributed by atoms with van der Waals surface area (Å²) in [6.07, 6.45) is 3.25. The third kappa shape index (κ3) is 5.14. The zero-order chi connectivity index (χ0) is 13.6. The second-order valence-electron chi connectivity index (χ2n) is 5.00. The number of alkyl carbamates (subject to hydrolysis) is 1. The van der Waals surface area contributed by atoms with Crippen LogP contribution in [0.15, 0.2) is 24.5 Å². The molecule has 0 bridgehead atoms. The van der Waals surface area contributed by atoms with Crippen molar-refractivity contribution in [2.75, 3.05) is 6.61 Å². The van der Waals surface area contributed by atoms with Gasteiger partial charge in [-0.15, -0.1) is 0 Å². The fraction of sp³-hybridized carbons (Fsp3) is 0.538. The van der Waals surface area contributed by atoms with E-state index in [-0.39, 0.29) is 12.6 Å². The second kappa shape index (κ2) is 6.35. The van der Waals surface area contributed by atoms with Gasteiger partial charge in [-0.25, -0.2) is 4.79 Å². The number of pyridine rings is 1. The van der Waals surface area contributed by atoms with Gasteiger partial charge in [-0.05, 0) is 38.8 Å². The molecule has 1 atom stereocenters. The summed E-state index contributed by atoms with van der Waals surface area (Å²) in [6.45, 7) is 5.39. The zero-order valence-corrected chi connectivity index (χ0v) is 11.0. The third-order valence-corrected chi connectivity index (χ3v) is 2.20. The van der Waals surface area contributed by atoms with E-state index in [2.05, 4.69) is 10.3 Å². The minimum Gasteiger partial charge on any atom is -0.444 e. The molecule has 1 aromatic heterocycles. The van der Waals surface area contributed by atoms with Crippen LogP contribution in [0.2, 0.25) is 0 Å². The van der Waals surface area contributed by atoms with E-state index < -0.39 is 11.7 Å². The van der Waals surface area contributed by atoms with Crippen LogP contribution in [-0.4, -0.2) is 28.4 Å². The Hall–Kier alpha value is -1.62. The fourth-order valence-electron chi connectivity index (χ4n) is 1.48. The number of ether oxygens (including phenoxy) is 1. The molecule has 0 aliphatic rings. The molecule has 0 saturated heterocycles. The number of hydrogen-bond acceptors (Lipinski definition) is 4. The number of carbonyl (C=O) groups is 1. The van der Waals surface area contributed by atoms with E-state index >= 15 is 0 Å². The Bertz CT molecular complexity index is 374. The Morgan fingerprint density at radius 1 is 1.56 bits per heavy atom. The van der Waals surface area contributed by atoms with Gasteiger partial charge in [-0.2, -0.15) is 0 Å². The molecule has 1 unspecified atom stereocenters. The molecule has 0 saturated carbocycles. The maximum absolute atomic E-state index is 11.7. The lowest BCUT2D eigenvalue weighted by molar-refractivity contribution is 0.0496. The van der Waals surface area contributed by atoms with Gasteiger partial charge in [0.2, 0.25) is 0 Å². The third-order valence-electron chi connectivity index (χ3n) is 2.20. The highest BCUT2D eigenvalue weighted by molar-refractivity contribution is 5.68. The van der Waals surface area contributed by atoms with Crippen molar-refractivity contribution < 1.29 is 14.6 Å². The van der Waals surface area contributed by atoms with Crippen LogP contribution >= 0.6 is 0 Å². The molecule has 0 aliphatic carbocycles. The van der Waals surface area contributed by atoms with Crippen LogP contribution in [0.4, 0.5) is 4.79 Å². The van der Waals surface area contributed by atoms with Crippen LogP contribution in [-0.2, 0) is 4.74 Å². The van der Waals surface area contributed by atoms with Crippen molar-refractivity contribution in [2.24, 2.45) is 0 Å². The molecule has 1 rings (SSSR count). The van der Waals surface area contributed by atoms with Crippen molar-refractivity contribution in [1.29, 1.82) is 0 Å². The van der Waals surface area contributed by atoms with Gasteiger partial charge < -0.3 is 15.2 Å². The molecule has 5 heteroatoms. The molecule has 0 spiro atoms. The van der Waals surface area contributed by atoms with Crippen LogP contribution in [0, 0.1) is 0 Å². The number of nitrogens with zero attached hydrogens (tertiary/aromatic N) is 1. The molecular formula is C13H20N2O3. The normalized spacial score (nSPS) is 12.9. The van der Waals surface area contributed by atoms with Crippen molar-refractivity contribution in [3.05, 3.63) is 30.1 Å². The average Bonchev–Trinajstić information content (AvgIpc) is 2.27. The lowest BCUT2D eigenvalue weighted by Gasteiger charge is -2.23. The SMILES string of the molecule is CC(C)(C)OC(=O)NC(CCO)c1cccnc1. The Morgan fingerprint density at radius 3 is 2.78 bits per heavy atom. The smallest absolute Gasteiger partial charge is 0.408 e. The summed E-state index contributed by atoms with van der Waals surface area (Å²) in [5.41, 5.74) is 0.306. The molecule has 18 heavy (non-hydrogen) atoms. The standard InChI is InChI=1S/C13H20N2O3/c1-13(2,3)18-12(17)15-11(6-8-16)10-5-4-7-14-9-10/h4-5,7,9,11,16H,6,8H2,1-3H3,(H,15,17). The molecule has 0 aromatic carbocycles. The number of amides is 1. The van der Waals surface area contributed by atoms with Crippen molar-refractivity contribution >= 4 is 6.09 Å². The van der Waals surface area contributed by atoms with Crippen molar-refractivity contribution in [3.63, 3.8) is 0 Å². The van der Waals surface area contributed by atoms with Gasteiger partial charge in [0.25, 0.3) is 0 Å². The van der Waals surface area contributed by atoms with E-state index in [4.69, 9.17) is 9.84 Å². The molecule has 0 radical (unpaired) electrons. The predicted molar refractivity (Wildman–Crippen MR) is 68.1 cm³/mol. The first-order valence-corrected chi connectivity index (χ1v) is 5.92. The molecule has 1 aromatic rings. The number of aliphatic hydroxyl groups is 1. The first-order chi connectivity index (χ1) is 8.42. The van der Waals surface area contributed by atoms with Gasteiger partial charge in [0.1, 0.15) is 5.60 Å². The van der Waals surface area contributed by atoms with Crippen LogP contribution in [0.25, 0.3) is 0 Å². The van der Waals surface area contributed by atoms with E-state index in [0.717, 1.165) is 5.56 Å². The summed E-state index contributed by atoms with van der Waals surface area (Å²) in [5, 5.41) is 11.8. The van der Waals surface area contributed by atoms with Gasteiger partial charge in [-0.1, -0.05) is 6.07 Å². The van der Waals surface area contributed by atoms with Gasteiger partial charge in [0.15, 0.2) is 0 Å². The van der Waals surface area contributed by atoms with Crippen molar-refractivity contribution in [3.8, 4) is 0 Å². The number of nitrogens with one attached hydrogen (secondary N) is 1. The summed E-state index contributed by atoms with van der Waals surface area (Å²) >= 11 is 0. The summed E-state index contributed by atoms with van der Waals surface area (Å²) in [4.78, 5) is 15.7. The monoisotopic (exact) mass is 252 g/mol. The quantitative estimate of drug-likeness (QED) is 0.860. The largest absolute Gasteiger partial charge is 0.444 e. The molecule has 5 nitrogen and oxygen atoms in total. The predicted octanol–water partition coefficient (Wildman–Crippen LogP) is 2.03. The topological polar surface area (TPSA) is 71.5 Å². The molecular weight excluding hydrogens is 232 g/mol. The lowest BCUT2D eigenvalue weighted by atomic mass is 10.1. The number of aromatic nitrogens is 1. The van der Waals surface area contributed by atoms with E-state index in [1.807, 2.05) is 6.07 Å². The minimum absolute atomic E-state index is 0.0185. The molecule has 1 heterocycles. The second-order valence-corrected chi connectivity index (χ2v) is 5.00. The number of rotatable bonds is 4. The fourth-order valence-corrected chi connectivity index (χ4v) is 1.48. The molecule has 0 fully saturated rings. The van der Waals surface area contributed by atoms with Crippen LogP contribution in [0.5, 0.6) is 0 Å². The highest BCUT2D eigenvalue weighted by atomic mass is 16.6. The van der Waals surface area contributed by atoms with E-state index in [0.29, 0.717) is 6.42 Å². The molecule has 100 valence electrons. The van der Waals surface area contributed by atoms with Crippen LogP contribution in [0.1, 0.15) is 38.8 Å². The zero-order valence-electron chi connectivity index (χ0n) is 11.0. The molecule has 2 N–H and O–H groups in total. The number of carbonyl (C=O) groups excluding carboxylic acids is 1. The first kappa shape index (κ1) is 14.4. The molecule has 0 aliphatic heterocycles.